The van der Waals surface area contributed by atoms with Crippen molar-refractivity contribution in [3.8, 4) is 11.5 Å². The van der Waals surface area contributed by atoms with E-state index in [-0.39, 0.29) is 11.3 Å². The number of aromatic nitrogens is 1. The van der Waals surface area contributed by atoms with Crippen LogP contribution in [0.15, 0.2) is 24.4 Å². The highest BCUT2D eigenvalue weighted by atomic mass is 32.2. The second-order valence-electron chi connectivity index (χ2n) is 4.12. The minimum absolute atomic E-state index is 0.174. The van der Waals surface area contributed by atoms with Crippen LogP contribution in [0.25, 0.3) is 10.9 Å². The third-order valence-electron chi connectivity index (χ3n) is 2.89. The minimum Gasteiger partial charge on any atom is -0.493 e. The van der Waals surface area contributed by atoms with Gasteiger partial charge in [-0.2, -0.15) is 13.2 Å². The number of hydrogen-bond donors (Lipinski definition) is 0. The van der Waals surface area contributed by atoms with Crippen LogP contribution in [0.2, 0.25) is 0 Å². The average Bonchev–Trinajstić information content (AvgIpc) is 2.41. The number of nitrogens with zero attached hydrogens (tertiary/aromatic N) is 1. The molecule has 3 rings (SSSR count). The molecule has 4 nitrogen and oxygen atoms in total. The van der Waals surface area contributed by atoms with Gasteiger partial charge < -0.3 is 8.92 Å². The highest BCUT2D eigenvalue weighted by Gasteiger charge is 2.40. The summed E-state index contributed by atoms with van der Waals surface area (Å²) in [7, 11) is 0. The lowest BCUT2D eigenvalue weighted by molar-refractivity contribution is -0.0437. The fraction of sp³-hybridized carbons (Fsp3) is 0.250. The van der Waals surface area contributed by atoms with E-state index in [9.17, 15) is 17.4 Å². The van der Waals surface area contributed by atoms with Gasteiger partial charge in [0.1, 0.15) is 11.3 Å². The van der Waals surface area contributed by atoms with Crippen molar-refractivity contribution in [2.24, 2.45) is 0 Å². The van der Waals surface area contributed by atoms with E-state index in [0.717, 1.165) is 5.56 Å². The summed E-state index contributed by atoms with van der Waals surface area (Å²) in [5.74, 6) is 0.367. The lowest BCUT2D eigenvalue weighted by atomic mass is 10.0. The van der Waals surface area contributed by atoms with E-state index in [0.29, 0.717) is 24.2 Å². The molecular formula is C12H8F3NO3S. The molecular weight excluding hydrogens is 295 g/mol. The standard InChI is InChI=1S/C12H8F3NO3S/c13-12(14,15)20(17)19-9-2-1-8-10-7(4-6-18-8)3-5-16-11(9)10/h1-3,5H,4,6H2. The molecule has 0 fully saturated rings. The van der Waals surface area contributed by atoms with Gasteiger partial charge >= 0.3 is 16.6 Å². The summed E-state index contributed by atoms with van der Waals surface area (Å²) in [5.41, 5.74) is -3.80. The Morgan fingerprint density at radius 1 is 1.30 bits per heavy atom. The first kappa shape index (κ1) is 13.2. The third-order valence-corrected chi connectivity index (χ3v) is 3.60. The monoisotopic (exact) mass is 303 g/mol. The van der Waals surface area contributed by atoms with E-state index in [1.807, 2.05) is 0 Å². The summed E-state index contributed by atoms with van der Waals surface area (Å²) in [5, 5.41) is 0.607. The van der Waals surface area contributed by atoms with Gasteiger partial charge in [0.2, 0.25) is 0 Å². The number of halogens is 3. The van der Waals surface area contributed by atoms with Crippen molar-refractivity contribution in [1.82, 2.24) is 4.98 Å². The molecule has 0 bridgehead atoms. The molecule has 1 aliphatic rings. The summed E-state index contributed by atoms with van der Waals surface area (Å²) in [6.07, 6.45) is 2.12. The Labute approximate surface area is 114 Å². The first-order chi connectivity index (χ1) is 9.47. The van der Waals surface area contributed by atoms with Crippen molar-refractivity contribution < 1.29 is 26.3 Å². The molecule has 2 aromatic rings. The second-order valence-corrected chi connectivity index (χ2v) is 5.22. The molecule has 8 heteroatoms. The summed E-state index contributed by atoms with van der Waals surface area (Å²) >= 11 is -3.42. The van der Waals surface area contributed by atoms with Crippen molar-refractivity contribution in [2.75, 3.05) is 6.61 Å². The van der Waals surface area contributed by atoms with Crippen LogP contribution >= 0.6 is 0 Å². The molecule has 106 valence electrons. The Hall–Kier alpha value is -1.83. The molecule has 20 heavy (non-hydrogen) atoms. The molecule has 1 atom stereocenters. The predicted molar refractivity (Wildman–Crippen MR) is 65.8 cm³/mol. The van der Waals surface area contributed by atoms with Crippen LogP contribution in [0.4, 0.5) is 13.2 Å². The van der Waals surface area contributed by atoms with Gasteiger partial charge in [0.25, 0.3) is 0 Å². The van der Waals surface area contributed by atoms with Gasteiger partial charge in [-0.3, -0.25) is 4.98 Å². The molecule has 0 saturated carbocycles. The number of pyridine rings is 1. The third kappa shape index (κ3) is 2.20. The molecule has 0 spiro atoms. The van der Waals surface area contributed by atoms with E-state index >= 15 is 0 Å². The van der Waals surface area contributed by atoms with Gasteiger partial charge in [-0.05, 0) is 23.8 Å². The van der Waals surface area contributed by atoms with E-state index in [4.69, 9.17) is 4.74 Å². The minimum atomic E-state index is -4.93. The Morgan fingerprint density at radius 3 is 2.85 bits per heavy atom. The molecule has 0 saturated heterocycles. The van der Waals surface area contributed by atoms with E-state index in [1.165, 1.54) is 18.3 Å². The van der Waals surface area contributed by atoms with Gasteiger partial charge in [0, 0.05) is 18.0 Å². The molecule has 1 aromatic heterocycles. The number of alkyl halides is 3. The van der Waals surface area contributed by atoms with Crippen LogP contribution < -0.4 is 8.92 Å². The number of rotatable bonds is 2. The maximum atomic E-state index is 12.3. The van der Waals surface area contributed by atoms with Gasteiger partial charge in [0.15, 0.2) is 5.75 Å². The molecule has 1 aliphatic heterocycles. The van der Waals surface area contributed by atoms with Crippen LogP contribution in [0.5, 0.6) is 11.5 Å². The number of benzene rings is 1. The first-order valence-corrected chi connectivity index (χ1v) is 6.74. The maximum absolute atomic E-state index is 12.3. The normalized spacial score (nSPS) is 15.8. The van der Waals surface area contributed by atoms with Gasteiger partial charge in [-0.1, -0.05) is 0 Å². The zero-order valence-electron chi connectivity index (χ0n) is 9.94. The van der Waals surface area contributed by atoms with E-state index in [2.05, 4.69) is 9.17 Å². The molecule has 0 aliphatic carbocycles. The van der Waals surface area contributed by atoms with Crippen molar-refractivity contribution in [3.05, 3.63) is 30.0 Å². The lowest BCUT2D eigenvalue weighted by Crippen LogP contribution is -2.21. The van der Waals surface area contributed by atoms with Crippen molar-refractivity contribution >= 4 is 22.0 Å². The summed E-state index contributed by atoms with van der Waals surface area (Å²) in [6.45, 7) is 0.501. The van der Waals surface area contributed by atoms with Crippen molar-refractivity contribution in [2.45, 2.75) is 11.9 Å². The Kier molecular flexibility index (Phi) is 3.04. The molecule has 0 amide bonds. The maximum Gasteiger partial charge on any atom is 0.508 e. The largest absolute Gasteiger partial charge is 0.508 e. The molecule has 2 heterocycles. The highest BCUT2D eigenvalue weighted by Crippen LogP contribution is 2.37. The second kappa shape index (κ2) is 4.62. The number of hydrogen-bond acceptors (Lipinski definition) is 4. The first-order valence-electron chi connectivity index (χ1n) is 5.67. The van der Waals surface area contributed by atoms with Crippen LogP contribution in [-0.2, 0) is 17.5 Å². The van der Waals surface area contributed by atoms with Gasteiger partial charge in [-0.15, -0.1) is 0 Å². The van der Waals surface area contributed by atoms with Crippen molar-refractivity contribution in [3.63, 3.8) is 0 Å². The lowest BCUT2D eigenvalue weighted by Gasteiger charge is -2.19. The Balaban J connectivity index is 2.10. The van der Waals surface area contributed by atoms with E-state index < -0.39 is 16.6 Å². The number of ether oxygens (including phenoxy) is 1. The van der Waals surface area contributed by atoms with Crippen LogP contribution in [0.3, 0.4) is 0 Å². The molecule has 0 N–H and O–H groups in total. The smallest absolute Gasteiger partial charge is 0.493 e. The summed E-state index contributed by atoms with van der Waals surface area (Å²) < 4.78 is 57.9. The van der Waals surface area contributed by atoms with Crippen LogP contribution in [0, 0.1) is 0 Å². The van der Waals surface area contributed by atoms with Crippen molar-refractivity contribution in [1.29, 1.82) is 0 Å². The average molecular weight is 303 g/mol. The Morgan fingerprint density at radius 2 is 2.10 bits per heavy atom. The molecule has 0 radical (unpaired) electrons. The fourth-order valence-electron chi connectivity index (χ4n) is 2.07. The SMILES string of the molecule is O=S(Oc1ccc2c3c(ccnc13)CCO2)C(F)(F)F. The quantitative estimate of drug-likeness (QED) is 0.856. The van der Waals surface area contributed by atoms with Crippen LogP contribution in [-0.4, -0.2) is 21.3 Å². The van der Waals surface area contributed by atoms with Gasteiger partial charge in [-0.25, -0.2) is 4.21 Å². The van der Waals surface area contributed by atoms with Gasteiger partial charge in [0.05, 0.1) is 6.61 Å². The zero-order valence-corrected chi connectivity index (χ0v) is 10.8. The van der Waals surface area contributed by atoms with Crippen LogP contribution in [0.1, 0.15) is 5.56 Å². The summed E-state index contributed by atoms with van der Waals surface area (Å²) in [6, 6.07) is 4.55. The zero-order chi connectivity index (χ0) is 14.3. The molecule has 1 aromatic carbocycles. The topological polar surface area (TPSA) is 48.4 Å². The fourth-order valence-corrected chi connectivity index (χ4v) is 2.46. The Bertz CT molecular complexity index is 692. The predicted octanol–water partition coefficient (Wildman–Crippen LogP) is 2.73. The van der Waals surface area contributed by atoms with E-state index in [1.54, 1.807) is 6.07 Å². The highest BCUT2D eigenvalue weighted by molar-refractivity contribution is 7.81. The summed E-state index contributed by atoms with van der Waals surface area (Å²) in [4.78, 5) is 4.01. The molecule has 1 unspecified atom stereocenters.